The number of carbonyl (C=O) groups excluding carboxylic acids is 2. The number of sulfone groups is 1. The zero-order valence-corrected chi connectivity index (χ0v) is 18.8. The van der Waals surface area contributed by atoms with Crippen molar-refractivity contribution in [3.63, 3.8) is 0 Å². The molecule has 35 heavy (non-hydrogen) atoms. The minimum absolute atomic E-state index is 0.0110. The maximum Gasteiger partial charge on any atom is 0.435 e. The average molecular weight is 519 g/mol. The van der Waals surface area contributed by atoms with Gasteiger partial charge in [0.05, 0.1) is 36.2 Å². The van der Waals surface area contributed by atoms with Gasteiger partial charge in [0.15, 0.2) is 15.5 Å². The maximum atomic E-state index is 13.5. The highest BCUT2D eigenvalue weighted by molar-refractivity contribution is 7.90. The third-order valence-corrected chi connectivity index (χ3v) is 6.24. The van der Waals surface area contributed by atoms with Gasteiger partial charge in [-0.3, -0.25) is 14.3 Å². The molecule has 1 aliphatic rings. The lowest BCUT2D eigenvalue weighted by molar-refractivity contribution is -0.141. The lowest BCUT2D eigenvalue weighted by Gasteiger charge is -2.19. The van der Waals surface area contributed by atoms with Crippen molar-refractivity contribution in [1.29, 1.82) is 5.26 Å². The summed E-state index contributed by atoms with van der Waals surface area (Å²) in [6.45, 7) is -2.17. The Labute approximate surface area is 196 Å². The highest BCUT2D eigenvalue weighted by Crippen LogP contribution is 2.32. The zero-order valence-electron chi connectivity index (χ0n) is 18.0. The van der Waals surface area contributed by atoms with Crippen molar-refractivity contribution < 1.29 is 40.0 Å². The standard InChI is InChI=1S/C20H18F5N5O4S/c1-35(33,34)14-4-2-12(3-5-14)9-29-10-15(17(28-29)20(23,24)25)18(32)27-8-16(31)30-11-19(21,22)6-13(30)7-26/h2-5,10,13H,6,8-9,11H2,1H3,(H,27,32)/t13-/m0/s1. The number of carbonyl (C=O) groups is 2. The Morgan fingerprint density at radius 3 is 2.43 bits per heavy atom. The van der Waals surface area contributed by atoms with E-state index in [1.807, 2.05) is 5.32 Å². The van der Waals surface area contributed by atoms with E-state index in [4.69, 9.17) is 5.26 Å². The first-order valence-corrected chi connectivity index (χ1v) is 11.8. The Morgan fingerprint density at radius 1 is 1.26 bits per heavy atom. The predicted octanol–water partition coefficient (Wildman–Crippen LogP) is 1.84. The molecule has 1 saturated heterocycles. The number of amides is 2. The van der Waals surface area contributed by atoms with Crippen LogP contribution in [0.25, 0.3) is 0 Å². The van der Waals surface area contributed by atoms with Crippen LogP contribution < -0.4 is 5.32 Å². The van der Waals surface area contributed by atoms with Gasteiger partial charge < -0.3 is 10.2 Å². The van der Waals surface area contributed by atoms with Gasteiger partial charge in [0.2, 0.25) is 5.91 Å². The van der Waals surface area contributed by atoms with E-state index in [2.05, 4.69) is 5.10 Å². The summed E-state index contributed by atoms with van der Waals surface area (Å²) in [5.74, 6) is -5.65. The smallest absolute Gasteiger partial charge is 0.343 e. The minimum atomic E-state index is -5.02. The summed E-state index contributed by atoms with van der Waals surface area (Å²) >= 11 is 0. The zero-order chi connectivity index (χ0) is 26.2. The second-order valence-electron chi connectivity index (χ2n) is 7.91. The van der Waals surface area contributed by atoms with Gasteiger partial charge in [-0.2, -0.15) is 23.5 Å². The molecule has 1 aromatic heterocycles. The first-order chi connectivity index (χ1) is 16.1. The summed E-state index contributed by atoms with van der Waals surface area (Å²) in [6.07, 6.45) is -4.10. The highest BCUT2D eigenvalue weighted by atomic mass is 32.2. The molecule has 1 aliphatic heterocycles. The molecule has 1 aromatic carbocycles. The summed E-state index contributed by atoms with van der Waals surface area (Å²) in [7, 11) is -3.47. The maximum absolute atomic E-state index is 13.5. The fourth-order valence-electron chi connectivity index (χ4n) is 3.45. The number of likely N-dealkylation sites (tertiary alicyclic amines) is 1. The van der Waals surface area contributed by atoms with E-state index in [0.29, 0.717) is 10.5 Å². The Kier molecular flexibility index (Phi) is 6.89. The molecule has 0 aliphatic carbocycles. The van der Waals surface area contributed by atoms with E-state index < -0.39 is 70.6 Å². The molecule has 2 amide bonds. The van der Waals surface area contributed by atoms with Crippen molar-refractivity contribution in [2.75, 3.05) is 19.3 Å². The van der Waals surface area contributed by atoms with Crippen LogP contribution in [0.3, 0.4) is 0 Å². The average Bonchev–Trinajstić information content (AvgIpc) is 3.32. The van der Waals surface area contributed by atoms with Crippen LogP contribution in [0.5, 0.6) is 0 Å². The number of benzene rings is 1. The predicted molar refractivity (Wildman–Crippen MR) is 109 cm³/mol. The highest BCUT2D eigenvalue weighted by Gasteiger charge is 2.47. The number of nitriles is 1. The van der Waals surface area contributed by atoms with E-state index in [0.717, 1.165) is 17.1 Å². The van der Waals surface area contributed by atoms with Crippen LogP contribution in [0.4, 0.5) is 22.0 Å². The van der Waals surface area contributed by atoms with Crippen molar-refractivity contribution in [3.05, 3.63) is 47.3 Å². The monoisotopic (exact) mass is 519 g/mol. The summed E-state index contributed by atoms with van der Waals surface area (Å²) in [4.78, 5) is 25.2. The molecule has 9 nitrogen and oxygen atoms in total. The second-order valence-corrected chi connectivity index (χ2v) is 9.93. The first kappa shape index (κ1) is 26.1. The van der Waals surface area contributed by atoms with Crippen LogP contribution in [-0.2, 0) is 27.4 Å². The van der Waals surface area contributed by atoms with E-state index in [9.17, 15) is 40.0 Å². The van der Waals surface area contributed by atoms with Gasteiger partial charge in [-0.05, 0) is 17.7 Å². The van der Waals surface area contributed by atoms with Gasteiger partial charge in [0.25, 0.3) is 11.8 Å². The Bertz CT molecular complexity index is 1280. The van der Waals surface area contributed by atoms with Crippen LogP contribution in [0, 0.1) is 11.3 Å². The van der Waals surface area contributed by atoms with Crippen LogP contribution in [0.15, 0.2) is 35.4 Å². The van der Waals surface area contributed by atoms with Crippen molar-refractivity contribution >= 4 is 21.7 Å². The van der Waals surface area contributed by atoms with Gasteiger partial charge in [-0.25, -0.2) is 17.2 Å². The van der Waals surface area contributed by atoms with Gasteiger partial charge in [0.1, 0.15) is 6.04 Å². The lowest BCUT2D eigenvalue weighted by Crippen LogP contribution is -2.43. The molecule has 1 fully saturated rings. The van der Waals surface area contributed by atoms with Crippen LogP contribution in [0.2, 0.25) is 0 Å². The molecular weight excluding hydrogens is 501 g/mol. The fraction of sp³-hybridized carbons (Fsp3) is 0.400. The number of halogens is 5. The molecule has 2 aromatic rings. The molecule has 1 N–H and O–H groups in total. The van der Waals surface area contributed by atoms with Crippen molar-refractivity contribution in [2.45, 2.75) is 36.0 Å². The fourth-order valence-corrected chi connectivity index (χ4v) is 4.08. The summed E-state index contributed by atoms with van der Waals surface area (Å²) in [6, 6.07) is 5.43. The Balaban J connectivity index is 1.75. The largest absolute Gasteiger partial charge is 0.435 e. The van der Waals surface area contributed by atoms with Crippen molar-refractivity contribution in [1.82, 2.24) is 20.0 Å². The quantitative estimate of drug-likeness (QED) is 0.581. The number of nitrogens with one attached hydrogen (secondary N) is 1. The summed E-state index contributed by atoms with van der Waals surface area (Å²) in [5, 5.41) is 14.3. The van der Waals surface area contributed by atoms with Crippen LogP contribution in [0.1, 0.15) is 28.0 Å². The van der Waals surface area contributed by atoms with Gasteiger partial charge in [0, 0.05) is 18.9 Å². The molecule has 0 saturated carbocycles. The number of rotatable bonds is 6. The number of alkyl halides is 5. The summed E-state index contributed by atoms with van der Waals surface area (Å²) in [5.41, 5.74) is -2.03. The Hall–Kier alpha value is -3.54. The molecule has 2 heterocycles. The first-order valence-electron chi connectivity index (χ1n) is 9.89. The number of hydrogen-bond donors (Lipinski definition) is 1. The van der Waals surface area contributed by atoms with Gasteiger partial charge in [-0.1, -0.05) is 12.1 Å². The molecule has 15 heteroatoms. The number of hydrogen-bond acceptors (Lipinski definition) is 6. The van der Waals surface area contributed by atoms with E-state index in [-0.39, 0.29) is 11.4 Å². The number of nitrogens with zero attached hydrogens (tertiary/aromatic N) is 4. The minimum Gasteiger partial charge on any atom is -0.343 e. The third kappa shape index (κ3) is 6.13. The molecule has 0 spiro atoms. The SMILES string of the molecule is CS(=O)(=O)c1ccc(Cn2cc(C(=O)NCC(=O)N3CC(F)(F)C[C@H]3C#N)c(C(F)(F)F)n2)cc1. The molecular formula is C20H18F5N5O4S. The number of aromatic nitrogens is 2. The van der Waals surface area contributed by atoms with Crippen LogP contribution in [-0.4, -0.2) is 66.2 Å². The molecule has 0 unspecified atom stereocenters. The van der Waals surface area contributed by atoms with Gasteiger partial charge >= 0.3 is 6.18 Å². The van der Waals surface area contributed by atoms with E-state index in [1.54, 1.807) is 6.07 Å². The van der Waals surface area contributed by atoms with E-state index >= 15 is 0 Å². The normalized spacial score (nSPS) is 17.7. The third-order valence-electron chi connectivity index (χ3n) is 5.11. The van der Waals surface area contributed by atoms with Gasteiger partial charge in [-0.15, -0.1) is 0 Å². The second kappa shape index (κ2) is 9.25. The van der Waals surface area contributed by atoms with Crippen molar-refractivity contribution in [3.8, 4) is 6.07 Å². The van der Waals surface area contributed by atoms with Crippen molar-refractivity contribution in [2.24, 2.45) is 0 Å². The molecule has 1 atom stereocenters. The van der Waals surface area contributed by atoms with E-state index in [1.165, 1.54) is 24.3 Å². The molecule has 3 rings (SSSR count). The molecule has 188 valence electrons. The topological polar surface area (TPSA) is 125 Å². The molecule has 0 bridgehead atoms. The molecule has 0 radical (unpaired) electrons. The van der Waals surface area contributed by atoms with Crippen LogP contribution >= 0.6 is 0 Å². The lowest BCUT2D eigenvalue weighted by atomic mass is 10.2. The summed E-state index contributed by atoms with van der Waals surface area (Å²) < 4.78 is 91.3. The Morgan fingerprint density at radius 2 is 1.89 bits per heavy atom.